The van der Waals surface area contributed by atoms with Crippen molar-refractivity contribution in [3.05, 3.63) is 23.9 Å². The van der Waals surface area contributed by atoms with Gasteiger partial charge in [0.1, 0.15) is 5.69 Å². The summed E-state index contributed by atoms with van der Waals surface area (Å²) in [6.45, 7) is 5.58. The molecule has 2 aromatic rings. The van der Waals surface area contributed by atoms with Crippen LogP contribution in [0.4, 0.5) is 0 Å². The minimum Gasteiger partial charge on any atom is -0.342 e. The molecule has 0 N–H and O–H groups in total. The quantitative estimate of drug-likeness (QED) is 0.859. The van der Waals surface area contributed by atoms with Crippen LogP contribution in [0.3, 0.4) is 0 Å². The molecule has 126 valence electrons. The highest BCUT2D eigenvalue weighted by Crippen LogP contribution is 2.40. The molecule has 3 heterocycles. The van der Waals surface area contributed by atoms with Crippen molar-refractivity contribution in [1.82, 2.24) is 25.0 Å². The summed E-state index contributed by atoms with van der Waals surface area (Å²) in [7, 11) is 0. The van der Waals surface area contributed by atoms with E-state index >= 15 is 0 Å². The third-order valence-corrected chi connectivity index (χ3v) is 5.04. The summed E-state index contributed by atoms with van der Waals surface area (Å²) in [5.41, 5.74) is 1.44. The van der Waals surface area contributed by atoms with Crippen molar-refractivity contribution in [2.24, 2.45) is 11.8 Å². The van der Waals surface area contributed by atoms with E-state index in [0.29, 0.717) is 29.2 Å². The Balaban J connectivity index is 1.39. The minimum absolute atomic E-state index is 0.238. The van der Waals surface area contributed by atoms with Crippen LogP contribution in [0.2, 0.25) is 0 Å². The number of rotatable bonds is 3. The molecule has 0 aromatic carbocycles. The fourth-order valence-corrected chi connectivity index (χ4v) is 3.27. The Morgan fingerprint density at radius 3 is 2.62 bits per heavy atom. The summed E-state index contributed by atoms with van der Waals surface area (Å²) in [4.78, 5) is 27.2. The van der Waals surface area contributed by atoms with Gasteiger partial charge in [0.25, 0.3) is 5.89 Å². The van der Waals surface area contributed by atoms with Crippen LogP contribution in [0.5, 0.6) is 0 Å². The molecule has 1 saturated carbocycles. The van der Waals surface area contributed by atoms with Gasteiger partial charge in [-0.2, -0.15) is 4.98 Å². The van der Waals surface area contributed by atoms with Crippen LogP contribution in [0.1, 0.15) is 43.6 Å². The lowest BCUT2D eigenvalue weighted by Gasteiger charge is -2.30. The van der Waals surface area contributed by atoms with Crippen LogP contribution in [0, 0.1) is 18.8 Å². The van der Waals surface area contributed by atoms with Gasteiger partial charge < -0.3 is 9.42 Å². The molecule has 1 aliphatic heterocycles. The first-order chi connectivity index (χ1) is 11.6. The highest BCUT2D eigenvalue weighted by atomic mass is 16.5. The van der Waals surface area contributed by atoms with Gasteiger partial charge in [0, 0.05) is 31.1 Å². The second-order valence-electron chi connectivity index (χ2n) is 6.92. The number of hydrogen-bond acceptors (Lipinski definition) is 6. The summed E-state index contributed by atoms with van der Waals surface area (Å²) in [5.74, 6) is 2.50. The second-order valence-corrected chi connectivity index (χ2v) is 6.92. The van der Waals surface area contributed by atoms with Crippen molar-refractivity contribution in [3.8, 4) is 11.6 Å². The maximum Gasteiger partial charge on any atom is 0.278 e. The summed E-state index contributed by atoms with van der Waals surface area (Å²) in [6.07, 6.45) is 6.13. The van der Waals surface area contributed by atoms with Crippen molar-refractivity contribution in [2.45, 2.75) is 39.0 Å². The van der Waals surface area contributed by atoms with Gasteiger partial charge in [0.05, 0.1) is 11.9 Å². The molecule has 2 aliphatic rings. The van der Waals surface area contributed by atoms with Gasteiger partial charge in [-0.15, -0.1) is 0 Å². The molecule has 0 unspecified atom stereocenters. The molecule has 0 spiro atoms. The Labute approximate surface area is 140 Å². The predicted octanol–water partition coefficient (Wildman–Crippen LogP) is 2.20. The van der Waals surface area contributed by atoms with Crippen molar-refractivity contribution in [2.75, 3.05) is 13.1 Å². The van der Waals surface area contributed by atoms with Crippen LogP contribution < -0.4 is 0 Å². The average Bonchev–Trinajstić information content (AvgIpc) is 3.13. The maximum absolute atomic E-state index is 12.3. The lowest BCUT2D eigenvalue weighted by atomic mass is 9.96. The van der Waals surface area contributed by atoms with Gasteiger partial charge in [-0.3, -0.25) is 9.78 Å². The number of carbonyl (C=O) groups is 1. The molecule has 1 saturated heterocycles. The van der Waals surface area contributed by atoms with E-state index in [1.807, 2.05) is 11.8 Å². The number of piperidine rings is 1. The smallest absolute Gasteiger partial charge is 0.278 e. The largest absolute Gasteiger partial charge is 0.342 e. The lowest BCUT2D eigenvalue weighted by Crippen LogP contribution is -2.39. The van der Waals surface area contributed by atoms with Crippen molar-refractivity contribution in [3.63, 3.8) is 0 Å². The van der Waals surface area contributed by atoms with E-state index in [0.717, 1.165) is 38.0 Å². The van der Waals surface area contributed by atoms with Crippen LogP contribution >= 0.6 is 0 Å². The SMILES string of the molecule is Cc1cnc(-c2nc(C3CCN(C(=O)[C@@H]4C[C@@H]4C)CC3)no2)cn1. The Hall–Kier alpha value is -2.31. The first kappa shape index (κ1) is 15.2. The van der Waals surface area contributed by atoms with Crippen LogP contribution in [0.15, 0.2) is 16.9 Å². The molecule has 7 nitrogen and oxygen atoms in total. The minimum atomic E-state index is 0.238. The lowest BCUT2D eigenvalue weighted by molar-refractivity contribution is -0.133. The summed E-state index contributed by atoms with van der Waals surface area (Å²) < 4.78 is 5.34. The first-order valence-corrected chi connectivity index (χ1v) is 8.53. The molecular weight excluding hydrogens is 306 g/mol. The van der Waals surface area contributed by atoms with Gasteiger partial charge in [-0.25, -0.2) is 4.98 Å². The zero-order chi connectivity index (χ0) is 16.7. The van der Waals surface area contributed by atoms with Crippen molar-refractivity contribution in [1.29, 1.82) is 0 Å². The number of aromatic nitrogens is 4. The predicted molar refractivity (Wildman–Crippen MR) is 85.9 cm³/mol. The van der Waals surface area contributed by atoms with E-state index in [9.17, 15) is 4.79 Å². The number of likely N-dealkylation sites (tertiary alicyclic amines) is 1. The van der Waals surface area contributed by atoms with E-state index < -0.39 is 0 Å². The van der Waals surface area contributed by atoms with Crippen LogP contribution in [0.25, 0.3) is 11.6 Å². The van der Waals surface area contributed by atoms with Crippen LogP contribution in [-0.4, -0.2) is 44.0 Å². The Bertz CT molecular complexity index is 734. The van der Waals surface area contributed by atoms with Gasteiger partial charge in [0.15, 0.2) is 5.82 Å². The zero-order valence-corrected chi connectivity index (χ0v) is 14.0. The molecule has 2 aromatic heterocycles. The second kappa shape index (κ2) is 5.96. The summed E-state index contributed by atoms with van der Waals surface area (Å²) >= 11 is 0. The summed E-state index contributed by atoms with van der Waals surface area (Å²) in [5, 5.41) is 4.11. The van der Waals surface area contributed by atoms with E-state index in [-0.39, 0.29) is 11.8 Å². The molecule has 0 bridgehead atoms. The molecule has 1 aliphatic carbocycles. The van der Waals surface area contributed by atoms with Gasteiger partial charge in [-0.05, 0) is 32.1 Å². The van der Waals surface area contributed by atoms with Gasteiger partial charge in [0.2, 0.25) is 5.91 Å². The Morgan fingerprint density at radius 2 is 2.00 bits per heavy atom. The molecule has 24 heavy (non-hydrogen) atoms. The summed E-state index contributed by atoms with van der Waals surface area (Å²) in [6, 6.07) is 0. The third-order valence-electron chi connectivity index (χ3n) is 5.04. The molecule has 4 rings (SSSR count). The fourth-order valence-electron chi connectivity index (χ4n) is 3.27. The monoisotopic (exact) mass is 327 g/mol. The Kier molecular flexibility index (Phi) is 3.78. The normalized spacial score (nSPS) is 24.2. The van der Waals surface area contributed by atoms with E-state index in [1.54, 1.807) is 12.4 Å². The van der Waals surface area contributed by atoms with Crippen molar-refractivity contribution < 1.29 is 9.32 Å². The molecular formula is C17H21N5O2. The van der Waals surface area contributed by atoms with Gasteiger partial charge >= 0.3 is 0 Å². The topological polar surface area (TPSA) is 85.0 Å². The van der Waals surface area contributed by atoms with Crippen LogP contribution in [-0.2, 0) is 4.79 Å². The molecule has 2 fully saturated rings. The highest BCUT2D eigenvalue weighted by molar-refractivity contribution is 5.81. The molecule has 2 atom stereocenters. The zero-order valence-electron chi connectivity index (χ0n) is 14.0. The highest BCUT2D eigenvalue weighted by Gasteiger charge is 2.42. The molecule has 1 amide bonds. The fraction of sp³-hybridized carbons (Fsp3) is 0.588. The number of amides is 1. The third kappa shape index (κ3) is 2.90. The first-order valence-electron chi connectivity index (χ1n) is 8.53. The Morgan fingerprint density at radius 1 is 1.25 bits per heavy atom. The number of nitrogens with zero attached hydrogens (tertiary/aromatic N) is 5. The number of aryl methyl sites for hydroxylation is 1. The standard InChI is InChI=1S/C17H21N5O2/c1-10-7-13(10)17(23)22-5-3-12(4-6-22)15-20-16(24-21-15)14-9-18-11(2)8-19-14/h8-10,12-13H,3-7H2,1-2H3/t10-,13+/m0/s1. The number of carbonyl (C=O) groups excluding carboxylic acids is 1. The average molecular weight is 327 g/mol. The van der Waals surface area contributed by atoms with E-state index in [2.05, 4.69) is 27.0 Å². The van der Waals surface area contributed by atoms with E-state index in [4.69, 9.17) is 4.52 Å². The van der Waals surface area contributed by atoms with Gasteiger partial charge in [-0.1, -0.05) is 12.1 Å². The maximum atomic E-state index is 12.3. The van der Waals surface area contributed by atoms with E-state index in [1.165, 1.54) is 0 Å². The van der Waals surface area contributed by atoms with Crippen molar-refractivity contribution >= 4 is 5.91 Å². The number of hydrogen-bond donors (Lipinski definition) is 0. The molecule has 7 heteroatoms. The molecule has 0 radical (unpaired) electrons.